The van der Waals surface area contributed by atoms with Gasteiger partial charge in [-0.1, -0.05) is 25.8 Å². The van der Waals surface area contributed by atoms with E-state index in [-0.39, 0.29) is 0 Å². The molecular weight excluding hydrogens is 226 g/mol. The number of carboxylic acids is 1. The van der Waals surface area contributed by atoms with Crippen LogP contribution in [-0.2, 0) is 6.42 Å². The Hall–Kier alpha value is -1.51. The molecule has 0 radical (unpaired) electrons. The minimum absolute atomic E-state index is 0.479. The highest BCUT2D eigenvalue weighted by molar-refractivity contribution is 5.91. The Morgan fingerprint density at radius 2 is 2.22 bits per heavy atom. The lowest BCUT2D eigenvalue weighted by molar-refractivity contribution is 0.0695. The molecule has 1 heterocycles. The third-order valence-corrected chi connectivity index (χ3v) is 3.61. The van der Waals surface area contributed by atoms with E-state index in [4.69, 9.17) is 0 Å². The minimum atomic E-state index is -0.803. The van der Waals surface area contributed by atoms with Gasteiger partial charge in [0.05, 0.1) is 5.56 Å². The van der Waals surface area contributed by atoms with Gasteiger partial charge in [0.15, 0.2) is 0 Å². The van der Waals surface area contributed by atoms with Crippen LogP contribution in [0.5, 0.6) is 0 Å². The van der Waals surface area contributed by atoms with Crippen LogP contribution in [0.2, 0.25) is 0 Å². The van der Waals surface area contributed by atoms with Crippen LogP contribution in [0.3, 0.4) is 0 Å². The molecule has 0 atom stereocenters. The summed E-state index contributed by atoms with van der Waals surface area (Å²) in [5.41, 5.74) is 2.64. The van der Waals surface area contributed by atoms with Crippen molar-refractivity contribution in [1.82, 2.24) is 0 Å². The molecule has 0 saturated carbocycles. The predicted octanol–water partition coefficient (Wildman–Crippen LogP) is 3.33. The molecule has 0 aliphatic carbocycles. The Morgan fingerprint density at radius 1 is 1.39 bits per heavy atom. The molecule has 0 spiro atoms. The number of unbranched alkanes of at least 4 members (excludes halogenated alkanes) is 2. The van der Waals surface area contributed by atoms with Crippen molar-refractivity contribution >= 4 is 11.7 Å². The first kappa shape index (κ1) is 12.9. The largest absolute Gasteiger partial charge is 0.478 e. The van der Waals surface area contributed by atoms with Crippen molar-refractivity contribution in [2.75, 3.05) is 18.0 Å². The summed E-state index contributed by atoms with van der Waals surface area (Å²) >= 11 is 0. The molecule has 18 heavy (non-hydrogen) atoms. The third-order valence-electron chi connectivity index (χ3n) is 3.61. The van der Waals surface area contributed by atoms with Gasteiger partial charge in [-0.25, -0.2) is 4.79 Å². The Morgan fingerprint density at radius 3 is 2.94 bits per heavy atom. The number of anilines is 1. The molecule has 1 N–H and O–H groups in total. The van der Waals surface area contributed by atoms with Gasteiger partial charge in [0, 0.05) is 18.8 Å². The normalized spacial score (nSPS) is 14.4. The van der Waals surface area contributed by atoms with Crippen LogP contribution >= 0.6 is 0 Å². The van der Waals surface area contributed by atoms with Gasteiger partial charge < -0.3 is 10.0 Å². The summed E-state index contributed by atoms with van der Waals surface area (Å²) in [6.07, 6.45) is 5.60. The highest BCUT2D eigenvalue weighted by Gasteiger charge is 2.21. The molecule has 0 unspecified atom stereocenters. The molecule has 1 aromatic rings. The van der Waals surface area contributed by atoms with Crippen LogP contribution in [0.4, 0.5) is 5.69 Å². The maximum Gasteiger partial charge on any atom is 0.336 e. The zero-order chi connectivity index (χ0) is 13.0. The van der Waals surface area contributed by atoms with Crippen molar-refractivity contribution in [3.05, 3.63) is 29.3 Å². The maximum absolute atomic E-state index is 11.2. The number of hydrogen-bond acceptors (Lipinski definition) is 2. The Balaban J connectivity index is 2.21. The molecule has 0 amide bonds. The highest BCUT2D eigenvalue weighted by atomic mass is 16.4. The molecule has 0 aromatic heterocycles. The molecule has 0 bridgehead atoms. The van der Waals surface area contributed by atoms with E-state index >= 15 is 0 Å². The summed E-state index contributed by atoms with van der Waals surface area (Å²) in [5, 5.41) is 9.22. The lowest BCUT2D eigenvalue weighted by Crippen LogP contribution is -2.31. The molecule has 2 rings (SSSR count). The van der Waals surface area contributed by atoms with Gasteiger partial charge in [0.25, 0.3) is 0 Å². The van der Waals surface area contributed by atoms with Crippen LogP contribution in [0, 0.1) is 0 Å². The van der Waals surface area contributed by atoms with Gasteiger partial charge in [0.1, 0.15) is 0 Å². The average Bonchev–Trinajstić information content (AvgIpc) is 2.38. The molecule has 1 aliphatic heterocycles. The standard InChI is InChI=1S/C15H21NO2/c1-2-3-4-10-16-11-6-8-12-13(15(17)18)7-5-9-14(12)16/h5,7,9H,2-4,6,8,10-11H2,1H3,(H,17,18). The van der Waals surface area contributed by atoms with Gasteiger partial charge in [-0.2, -0.15) is 0 Å². The Labute approximate surface area is 108 Å². The number of rotatable bonds is 5. The lowest BCUT2D eigenvalue weighted by atomic mass is 9.96. The zero-order valence-corrected chi connectivity index (χ0v) is 11.0. The molecule has 0 fully saturated rings. The summed E-state index contributed by atoms with van der Waals surface area (Å²) in [5.74, 6) is -0.803. The molecule has 3 heteroatoms. The van der Waals surface area contributed by atoms with E-state index in [2.05, 4.69) is 17.9 Å². The lowest BCUT2D eigenvalue weighted by Gasteiger charge is -2.32. The smallest absolute Gasteiger partial charge is 0.336 e. The third kappa shape index (κ3) is 2.66. The van der Waals surface area contributed by atoms with Crippen molar-refractivity contribution in [2.24, 2.45) is 0 Å². The second-order valence-corrected chi connectivity index (χ2v) is 4.91. The van der Waals surface area contributed by atoms with Gasteiger partial charge in [0.2, 0.25) is 0 Å². The summed E-state index contributed by atoms with van der Waals surface area (Å²) in [6.45, 7) is 4.30. The quantitative estimate of drug-likeness (QED) is 0.811. The van der Waals surface area contributed by atoms with E-state index in [0.29, 0.717) is 5.56 Å². The number of aromatic carboxylic acids is 1. The van der Waals surface area contributed by atoms with Crippen LogP contribution in [0.1, 0.15) is 48.5 Å². The Kier molecular flexibility index (Phi) is 4.24. The first-order valence-corrected chi connectivity index (χ1v) is 6.84. The fraction of sp³-hybridized carbons (Fsp3) is 0.533. The number of carbonyl (C=O) groups is 1. The number of benzene rings is 1. The number of hydrogen-bond donors (Lipinski definition) is 1. The molecule has 98 valence electrons. The van der Waals surface area contributed by atoms with Gasteiger partial charge in [-0.05, 0) is 37.0 Å². The molecule has 1 aliphatic rings. The fourth-order valence-corrected chi connectivity index (χ4v) is 2.69. The van der Waals surface area contributed by atoms with E-state index in [1.807, 2.05) is 6.07 Å². The molecule has 0 saturated heterocycles. The van der Waals surface area contributed by atoms with E-state index in [0.717, 1.165) is 37.2 Å². The van der Waals surface area contributed by atoms with Crippen LogP contribution in [-0.4, -0.2) is 24.2 Å². The van der Waals surface area contributed by atoms with E-state index < -0.39 is 5.97 Å². The SMILES string of the molecule is CCCCCN1CCCc2c(C(=O)O)cccc21. The summed E-state index contributed by atoms with van der Waals surface area (Å²) in [6, 6.07) is 5.64. The van der Waals surface area contributed by atoms with E-state index in [9.17, 15) is 9.90 Å². The first-order valence-electron chi connectivity index (χ1n) is 6.84. The van der Waals surface area contributed by atoms with Gasteiger partial charge in [-0.15, -0.1) is 0 Å². The average molecular weight is 247 g/mol. The maximum atomic E-state index is 11.2. The Bertz CT molecular complexity index is 429. The number of fused-ring (bicyclic) bond motifs is 1. The van der Waals surface area contributed by atoms with E-state index in [1.165, 1.54) is 19.3 Å². The summed E-state index contributed by atoms with van der Waals surface area (Å²) in [4.78, 5) is 13.6. The van der Waals surface area contributed by atoms with Crippen molar-refractivity contribution in [2.45, 2.75) is 39.0 Å². The van der Waals surface area contributed by atoms with Gasteiger partial charge >= 0.3 is 5.97 Å². The van der Waals surface area contributed by atoms with Crippen molar-refractivity contribution < 1.29 is 9.90 Å². The number of nitrogens with zero attached hydrogens (tertiary/aromatic N) is 1. The fourth-order valence-electron chi connectivity index (χ4n) is 2.69. The second-order valence-electron chi connectivity index (χ2n) is 4.91. The number of carboxylic acid groups (broad SMARTS) is 1. The molecule has 3 nitrogen and oxygen atoms in total. The van der Waals surface area contributed by atoms with Crippen molar-refractivity contribution in [3.63, 3.8) is 0 Å². The van der Waals surface area contributed by atoms with E-state index in [1.54, 1.807) is 6.07 Å². The predicted molar refractivity (Wildman–Crippen MR) is 73.5 cm³/mol. The topological polar surface area (TPSA) is 40.5 Å². The first-order chi connectivity index (χ1) is 8.74. The van der Waals surface area contributed by atoms with Gasteiger partial charge in [-0.3, -0.25) is 0 Å². The van der Waals surface area contributed by atoms with Crippen molar-refractivity contribution in [1.29, 1.82) is 0 Å². The summed E-state index contributed by atoms with van der Waals surface area (Å²) < 4.78 is 0. The molecule has 1 aromatic carbocycles. The van der Waals surface area contributed by atoms with Crippen LogP contribution in [0.25, 0.3) is 0 Å². The zero-order valence-electron chi connectivity index (χ0n) is 11.0. The summed E-state index contributed by atoms with van der Waals surface area (Å²) in [7, 11) is 0. The second kappa shape index (κ2) is 5.89. The highest BCUT2D eigenvalue weighted by Crippen LogP contribution is 2.30. The monoisotopic (exact) mass is 247 g/mol. The van der Waals surface area contributed by atoms with Crippen LogP contribution < -0.4 is 4.90 Å². The molecular formula is C15H21NO2. The van der Waals surface area contributed by atoms with Crippen LogP contribution in [0.15, 0.2) is 18.2 Å². The van der Waals surface area contributed by atoms with Crippen molar-refractivity contribution in [3.8, 4) is 0 Å². The minimum Gasteiger partial charge on any atom is -0.478 e.